The predicted molar refractivity (Wildman–Crippen MR) is 74.1 cm³/mol. The molecular formula is C13H22N2O2S. The van der Waals surface area contributed by atoms with Crippen LogP contribution in [0.1, 0.15) is 25.8 Å². The van der Waals surface area contributed by atoms with E-state index < -0.39 is 10.0 Å². The predicted octanol–water partition coefficient (Wildman–Crippen LogP) is 1.66. The molecule has 0 radical (unpaired) electrons. The maximum absolute atomic E-state index is 11.9. The van der Waals surface area contributed by atoms with E-state index in [9.17, 15) is 8.42 Å². The van der Waals surface area contributed by atoms with Gasteiger partial charge in [-0.2, -0.15) is 0 Å². The second-order valence-corrected chi connectivity index (χ2v) is 6.44. The SMILES string of the molecule is Cc1ccc(S(=O)(=O)NCCCNC(C)C)cc1. The highest BCUT2D eigenvalue weighted by atomic mass is 32.2. The van der Waals surface area contributed by atoms with Crippen molar-refractivity contribution in [2.45, 2.75) is 38.1 Å². The van der Waals surface area contributed by atoms with Gasteiger partial charge < -0.3 is 5.32 Å². The van der Waals surface area contributed by atoms with E-state index in [0.717, 1.165) is 18.5 Å². The molecule has 0 amide bonds. The molecule has 0 aromatic heterocycles. The molecule has 0 fully saturated rings. The Bertz CT molecular complexity index is 452. The Balaban J connectivity index is 2.43. The summed E-state index contributed by atoms with van der Waals surface area (Å²) in [4.78, 5) is 0.324. The third kappa shape index (κ3) is 5.16. The van der Waals surface area contributed by atoms with Crippen LogP contribution in [0.3, 0.4) is 0 Å². The number of aryl methyl sites for hydroxylation is 1. The molecule has 0 aliphatic carbocycles. The highest BCUT2D eigenvalue weighted by Gasteiger charge is 2.12. The molecule has 0 atom stereocenters. The van der Waals surface area contributed by atoms with E-state index in [4.69, 9.17) is 0 Å². The number of nitrogens with one attached hydrogen (secondary N) is 2. The molecule has 0 heterocycles. The summed E-state index contributed by atoms with van der Waals surface area (Å²) in [6.45, 7) is 7.33. The molecule has 0 unspecified atom stereocenters. The zero-order chi connectivity index (χ0) is 13.6. The second kappa shape index (κ2) is 6.87. The Morgan fingerprint density at radius 2 is 1.72 bits per heavy atom. The number of rotatable bonds is 7. The van der Waals surface area contributed by atoms with Crippen LogP contribution in [0.25, 0.3) is 0 Å². The van der Waals surface area contributed by atoms with Crippen molar-refractivity contribution in [1.82, 2.24) is 10.0 Å². The van der Waals surface area contributed by atoms with E-state index in [0.29, 0.717) is 17.5 Å². The average molecular weight is 270 g/mol. The maximum atomic E-state index is 11.9. The number of sulfonamides is 1. The summed E-state index contributed by atoms with van der Waals surface area (Å²) in [5, 5.41) is 3.24. The number of benzene rings is 1. The Hall–Kier alpha value is -0.910. The van der Waals surface area contributed by atoms with Crippen LogP contribution in [-0.4, -0.2) is 27.5 Å². The Labute approximate surface area is 110 Å². The van der Waals surface area contributed by atoms with E-state index in [1.165, 1.54) is 0 Å². The third-order valence-electron chi connectivity index (χ3n) is 2.53. The van der Waals surface area contributed by atoms with Crippen LogP contribution in [0.2, 0.25) is 0 Å². The maximum Gasteiger partial charge on any atom is 0.240 e. The van der Waals surface area contributed by atoms with Gasteiger partial charge >= 0.3 is 0 Å². The molecule has 0 saturated heterocycles. The van der Waals surface area contributed by atoms with Gasteiger partial charge in [-0.1, -0.05) is 31.5 Å². The van der Waals surface area contributed by atoms with Crippen molar-refractivity contribution in [2.24, 2.45) is 0 Å². The van der Waals surface area contributed by atoms with Gasteiger partial charge in [-0.25, -0.2) is 13.1 Å². The highest BCUT2D eigenvalue weighted by Crippen LogP contribution is 2.09. The Kier molecular flexibility index (Phi) is 5.78. The molecule has 0 aliphatic rings. The fourth-order valence-corrected chi connectivity index (χ4v) is 2.56. The molecule has 1 aromatic carbocycles. The summed E-state index contributed by atoms with van der Waals surface area (Å²) in [7, 11) is -3.36. The normalized spacial score (nSPS) is 12.0. The van der Waals surface area contributed by atoms with Crippen molar-refractivity contribution in [3.8, 4) is 0 Å². The topological polar surface area (TPSA) is 58.2 Å². The Morgan fingerprint density at radius 3 is 2.28 bits per heavy atom. The summed E-state index contributed by atoms with van der Waals surface area (Å²) in [5.74, 6) is 0. The van der Waals surface area contributed by atoms with Crippen LogP contribution in [-0.2, 0) is 10.0 Å². The van der Waals surface area contributed by atoms with Gasteiger partial charge in [0.05, 0.1) is 4.90 Å². The summed E-state index contributed by atoms with van der Waals surface area (Å²) in [6.07, 6.45) is 0.781. The first-order valence-corrected chi connectivity index (χ1v) is 7.70. The lowest BCUT2D eigenvalue weighted by Crippen LogP contribution is -2.29. The van der Waals surface area contributed by atoms with E-state index in [1.54, 1.807) is 24.3 Å². The minimum Gasteiger partial charge on any atom is -0.314 e. The smallest absolute Gasteiger partial charge is 0.240 e. The van der Waals surface area contributed by atoms with Gasteiger partial charge in [0.25, 0.3) is 0 Å². The van der Waals surface area contributed by atoms with Crippen LogP contribution in [0.4, 0.5) is 0 Å². The standard InChI is InChI=1S/C13H22N2O2S/c1-11(2)14-9-4-10-15-18(16,17)13-7-5-12(3)6-8-13/h5-8,11,14-15H,4,9-10H2,1-3H3. The molecule has 18 heavy (non-hydrogen) atoms. The van der Waals surface area contributed by atoms with Crippen LogP contribution in [0.5, 0.6) is 0 Å². The number of hydrogen-bond acceptors (Lipinski definition) is 3. The van der Waals surface area contributed by atoms with Crippen molar-refractivity contribution in [3.63, 3.8) is 0 Å². The quantitative estimate of drug-likeness (QED) is 0.741. The zero-order valence-electron chi connectivity index (χ0n) is 11.2. The lowest BCUT2D eigenvalue weighted by atomic mass is 10.2. The van der Waals surface area contributed by atoms with Crippen LogP contribution >= 0.6 is 0 Å². The van der Waals surface area contributed by atoms with Crippen molar-refractivity contribution in [2.75, 3.05) is 13.1 Å². The molecule has 1 aromatic rings. The average Bonchev–Trinajstić information content (AvgIpc) is 2.28. The van der Waals surface area contributed by atoms with E-state index in [1.807, 2.05) is 6.92 Å². The summed E-state index contributed by atoms with van der Waals surface area (Å²) in [6, 6.07) is 7.29. The van der Waals surface area contributed by atoms with Crippen molar-refractivity contribution in [1.29, 1.82) is 0 Å². The van der Waals surface area contributed by atoms with E-state index in [2.05, 4.69) is 23.9 Å². The fraction of sp³-hybridized carbons (Fsp3) is 0.538. The van der Waals surface area contributed by atoms with E-state index >= 15 is 0 Å². The number of hydrogen-bond donors (Lipinski definition) is 2. The highest BCUT2D eigenvalue weighted by molar-refractivity contribution is 7.89. The van der Waals surface area contributed by atoms with Crippen LogP contribution < -0.4 is 10.0 Å². The van der Waals surface area contributed by atoms with Crippen LogP contribution in [0, 0.1) is 6.92 Å². The van der Waals surface area contributed by atoms with Crippen molar-refractivity contribution >= 4 is 10.0 Å². The zero-order valence-corrected chi connectivity index (χ0v) is 12.0. The first-order chi connectivity index (χ1) is 8.42. The largest absolute Gasteiger partial charge is 0.314 e. The van der Waals surface area contributed by atoms with Gasteiger partial charge in [0.2, 0.25) is 10.0 Å². The Morgan fingerprint density at radius 1 is 1.11 bits per heavy atom. The summed E-state index contributed by atoms with van der Waals surface area (Å²) in [5.41, 5.74) is 1.05. The third-order valence-corrected chi connectivity index (χ3v) is 4.01. The fourth-order valence-electron chi connectivity index (χ4n) is 1.49. The molecule has 2 N–H and O–H groups in total. The van der Waals surface area contributed by atoms with Gasteiger partial charge in [-0.05, 0) is 32.0 Å². The van der Waals surface area contributed by atoms with Crippen molar-refractivity contribution < 1.29 is 8.42 Å². The van der Waals surface area contributed by atoms with Gasteiger partial charge in [0.15, 0.2) is 0 Å². The lowest BCUT2D eigenvalue weighted by molar-refractivity contribution is 0.554. The second-order valence-electron chi connectivity index (χ2n) is 4.67. The molecular weight excluding hydrogens is 248 g/mol. The van der Waals surface area contributed by atoms with Gasteiger partial charge in [0.1, 0.15) is 0 Å². The minimum absolute atomic E-state index is 0.324. The molecule has 0 aliphatic heterocycles. The lowest BCUT2D eigenvalue weighted by Gasteiger charge is -2.09. The monoisotopic (exact) mass is 270 g/mol. The molecule has 5 heteroatoms. The first kappa shape index (κ1) is 15.1. The van der Waals surface area contributed by atoms with Crippen LogP contribution in [0.15, 0.2) is 29.2 Å². The molecule has 1 rings (SSSR count). The molecule has 102 valence electrons. The molecule has 0 bridgehead atoms. The molecule has 0 spiro atoms. The first-order valence-electron chi connectivity index (χ1n) is 6.21. The van der Waals surface area contributed by atoms with E-state index in [-0.39, 0.29) is 0 Å². The van der Waals surface area contributed by atoms with Gasteiger partial charge in [-0.15, -0.1) is 0 Å². The molecule has 0 saturated carbocycles. The molecule has 4 nitrogen and oxygen atoms in total. The van der Waals surface area contributed by atoms with Crippen molar-refractivity contribution in [3.05, 3.63) is 29.8 Å². The summed E-state index contributed by atoms with van der Waals surface area (Å²) >= 11 is 0. The van der Waals surface area contributed by atoms with Gasteiger partial charge in [-0.3, -0.25) is 0 Å². The minimum atomic E-state index is -3.36. The van der Waals surface area contributed by atoms with Gasteiger partial charge in [0, 0.05) is 12.6 Å². The summed E-state index contributed by atoms with van der Waals surface area (Å²) < 4.78 is 26.4.